The van der Waals surface area contributed by atoms with E-state index in [1.165, 1.54) is 188 Å². The summed E-state index contributed by atoms with van der Waals surface area (Å²) in [6.45, 7) is 43.3. The highest BCUT2D eigenvalue weighted by Crippen LogP contribution is 2.45. The van der Waals surface area contributed by atoms with Crippen LogP contribution in [0.4, 0.5) is 0 Å². The number of ketones is 1. The molecule has 6 aliphatic carbocycles. The number of aryl methyl sites for hydroxylation is 5. The van der Waals surface area contributed by atoms with E-state index in [2.05, 4.69) is 292 Å². The average Bonchev–Trinajstić information content (AvgIpc) is 1.27. The zero-order valence-corrected chi connectivity index (χ0v) is 83.7. The molecule has 22 atom stereocenters. The van der Waals surface area contributed by atoms with Crippen LogP contribution in [0, 0.1) is 106 Å². The lowest BCUT2D eigenvalue weighted by molar-refractivity contribution is -0.193. The van der Waals surface area contributed by atoms with Crippen LogP contribution in [0.3, 0.4) is 0 Å². The Morgan fingerprint density at radius 1 is 0.306 bits per heavy atom. The Bertz CT molecular complexity index is 5240. The molecule has 10 aromatic rings. The van der Waals surface area contributed by atoms with Gasteiger partial charge in [0.2, 0.25) is 0 Å². The van der Waals surface area contributed by atoms with Crippen LogP contribution >= 0.6 is 0 Å². The number of hydrogen-bond acceptors (Lipinski definition) is 16. The number of furan rings is 5. The van der Waals surface area contributed by atoms with Gasteiger partial charge in [0, 0.05) is 139 Å². The van der Waals surface area contributed by atoms with Gasteiger partial charge in [-0.3, -0.25) is 34.2 Å². The molecule has 6 saturated heterocycles. The molecule has 18 unspecified atom stereocenters. The van der Waals surface area contributed by atoms with Gasteiger partial charge in [-0.2, -0.15) is 19.2 Å². The highest BCUT2D eigenvalue weighted by Gasteiger charge is 2.44. The summed E-state index contributed by atoms with van der Waals surface area (Å²) in [6, 6.07) is 38.2. The molecule has 716 valence electrons. The van der Waals surface area contributed by atoms with Crippen LogP contribution in [-0.2, 0) is 56.1 Å². The molecule has 0 N–H and O–H groups in total. The first-order valence-electron chi connectivity index (χ1n) is 51.1. The third kappa shape index (κ3) is 24.0. The van der Waals surface area contributed by atoms with Crippen molar-refractivity contribution in [2.24, 2.45) is 71.0 Å². The van der Waals surface area contributed by atoms with Gasteiger partial charge in [-0.15, -0.1) is 0 Å². The Labute approximate surface area is 799 Å². The number of benzene rings is 5. The molecular formula is C118H154N6O10. The maximum absolute atomic E-state index is 11.0. The number of hydrogen-bond donors (Lipinski definition) is 0. The number of piperidine rings is 6. The van der Waals surface area contributed by atoms with Crippen molar-refractivity contribution in [2.75, 3.05) is 53.4 Å². The second-order valence-electron chi connectivity index (χ2n) is 42.0. The molecule has 28 rings (SSSR count). The fraction of sp³-hybridized carbons (Fsp3) is 0.534. The molecular weight excluding hydrogens is 1660 g/mol. The monoisotopic (exact) mass is 1820 g/mol. The van der Waals surface area contributed by atoms with Gasteiger partial charge in [0.15, 0.2) is 0 Å². The van der Waals surface area contributed by atoms with Gasteiger partial charge < -0.3 is 22.1 Å². The molecule has 0 spiro atoms. The molecule has 5 aromatic carbocycles. The van der Waals surface area contributed by atoms with E-state index in [0.29, 0.717) is 54.8 Å². The molecule has 18 aliphatic rings. The van der Waals surface area contributed by atoms with Crippen LogP contribution in [0.2, 0.25) is 0 Å². The first-order valence-corrected chi connectivity index (χ1v) is 51.1. The Balaban J connectivity index is 0.000000126. The molecule has 16 nitrogen and oxygen atoms in total. The van der Waals surface area contributed by atoms with E-state index < -0.39 is 0 Å². The van der Waals surface area contributed by atoms with E-state index in [9.17, 15) is 4.79 Å². The fourth-order valence-corrected chi connectivity index (χ4v) is 25.2. The Kier molecular flexibility index (Phi) is 34.8. The van der Waals surface area contributed by atoms with Crippen molar-refractivity contribution < 1.29 is 46.1 Å². The number of likely N-dealkylation sites (N-methyl/N-ethyl adjacent to an activating group) is 2. The minimum atomic E-state index is 0.161. The SMILES string of the molecule is CC(=O)Cc1coc2ccc(C)cc12.CCC1CC2C=CC1N(C)C2.CCC1CC2C=CC1N(C)C2.CCC1CC2C=CC1N([C@@H](C)Cc1coc3ccc(C)cc13)C2.CCC1CC2C=CC1N([C@@H](C)Cc1coc3ccc(C)cc13)C2.CCC1CC2C=CC1N([C@H](C)Cc1coc3ccc(C)cc13)C2.CCC1CC2C=CC1N([C@H](C)Cc1coc3ccc(C)cc13)C2.O=C=O.O=C=O. The van der Waals surface area contributed by atoms with Crippen LogP contribution in [0.5, 0.6) is 0 Å². The normalized spacial score (nSPS) is 28.0. The van der Waals surface area contributed by atoms with E-state index >= 15 is 0 Å². The largest absolute Gasteiger partial charge is 0.464 e. The molecule has 5 aromatic heterocycles. The smallest absolute Gasteiger partial charge is 0.373 e. The van der Waals surface area contributed by atoms with E-state index in [0.717, 1.165) is 148 Å². The second-order valence-corrected chi connectivity index (χ2v) is 42.0. The lowest BCUT2D eigenvalue weighted by Crippen LogP contribution is -2.54. The number of fused-ring (bicyclic) bond motifs is 17. The lowest BCUT2D eigenvalue weighted by atomic mass is 9.75. The molecule has 12 bridgehead atoms. The van der Waals surface area contributed by atoms with Crippen molar-refractivity contribution in [1.29, 1.82) is 0 Å². The number of Topliss-reactive ketones (excluding diaryl/α,β-unsaturated/α-hetero) is 1. The van der Waals surface area contributed by atoms with E-state index in [1.54, 1.807) is 13.2 Å². The quantitative estimate of drug-likeness (QED) is 0.0660. The third-order valence-electron chi connectivity index (χ3n) is 32.3. The van der Waals surface area contributed by atoms with Gasteiger partial charge in [0.25, 0.3) is 0 Å². The first kappa shape index (κ1) is 100. The van der Waals surface area contributed by atoms with Crippen LogP contribution in [0.1, 0.15) is 209 Å². The highest BCUT2D eigenvalue weighted by atomic mass is 16.3. The maximum Gasteiger partial charge on any atom is 0.373 e. The Morgan fingerprint density at radius 3 is 0.687 bits per heavy atom. The maximum atomic E-state index is 11.0. The summed E-state index contributed by atoms with van der Waals surface area (Å²) >= 11 is 0. The standard InChI is InChI=1S/4C21H27NO.C12H12O2.2C10H17N.2CO2/c4*1-4-17-11-16-6-7-20(17)22(12-16)15(3)10-18-13-23-21-8-5-14(2)9-19(18)21;1-8-3-4-12-11(5-8)10(7-14-12)6-9(2)13;2*1-3-9-6-8-4-5-10(9)11(2)7-8;2*2-1-3/h4*5-9,13,15-17,20H,4,10-12H2,1-3H3;3-5,7H,6H2,1-2H3;2*4-5,8-10H,3,6-7H2,1-2H3;;/t4*15-,16?,17?,20?;;;;;/m1100...../s1. The van der Waals surface area contributed by atoms with Crippen molar-refractivity contribution in [3.05, 3.63) is 251 Å². The summed E-state index contributed by atoms with van der Waals surface area (Å²) < 4.78 is 28.4. The van der Waals surface area contributed by atoms with Gasteiger partial charge in [-0.1, -0.05) is 211 Å². The fourth-order valence-electron chi connectivity index (χ4n) is 25.2. The van der Waals surface area contributed by atoms with Crippen molar-refractivity contribution >= 4 is 72.9 Å². The number of carbonyl (C=O) groups excluding carboxylic acids is 5. The van der Waals surface area contributed by atoms with Crippen LogP contribution in [-0.4, -0.2) is 161 Å². The molecule has 0 radical (unpaired) electrons. The van der Waals surface area contributed by atoms with E-state index in [1.807, 2.05) is 44.1 Å². The van der Waals surface area contributed by atoms with Crippen LogP contribution in [0.25, 0.3) is 54.8 Å². The number of rotatable bonds is 20. The average molecular weight is 1820 g/mol. The van der Waals surface area contributed by atoms with Crippen molar-refractivity contribution in [2.45, 2.75) is 280 Å². The zero-order chi connectivity index (χ0) is 95.1. The van der Waals surface area contributed by atoms with E-state index in [4.69, 9.17) is 41.3 Å². The predicted molar refractivity (Wildman–Crippen MR) is 543 cm³/mol. The zero-order valence-electron chi connectivity index (χ0n) is 83.7. The molecule has 17 heterocycles. The first-order chi connectivity index (χ1) is 64.7. The summed E-state index contributed by atoms with van der Waals surface area (Å²) in [5.74, 6) is 10.1. The van der Waals surface area contributed by atoms with Crippen molar-refractivity contribution in [3.8, 4) is 0 Å². The summed E-state index contributed by atoms with van der Waals surface area (Å²) in [6.07, 6.45) is 60.4. The molecule has 0 amide bonds. The van der Waals surface area contributed by atoms with Gasteiger partial charge in [-0.25, -0.2) is 0 Å². The summed E-state index contributed by atoms with van der Waals surface area (Å²) in [5.41, 5.74) is 17.7. The number of carbonyl (C=O) groups is 1. The molecule has 134 heavy (non-hydrogen) atoms. The molecule has 6 fully saturated rings. The minimum Gasteiger partial charge on any atom is -0.464 e. The van der Waals surface area contributed by atoms with E-state index in [-0.39, 0.29) is 18.1 Å². The lowest BCUT2D eigenvalue weighted by Gasteiger charge is -2.49. The second kappa shape index (κ2) is 46.5. The van der Waals surface area contributed by atoms with Gasteiger partial charge in [0.1, 0.15) is 33.7 Å². The van der Waals surface area contributed by atoms with Crippen molar-refractivity contribution in [3.63, 3.8) is 0 Å². The molecule has 16 heteroatoms. The minimum absolute atomic E-state index is 0.161. The summed E-state index contributed by atoms with van der Waals surface area (Å²) in [7, 11) is 4.51. The third-order valence-corrected chi connectivity index (χ3v) is 32.3. The Morgan fingerprint density at radius 2 is 0.500 bits per heavy atom. The molecule has 0 saturated carbocycles. The summed E-state index contributed by atoms with van der Waals surface area (Å²) in [5, 5.41) is 6.23. The van der Waals surface area contributed by atoms with Crippen LogP contribution in [0.15, 0.2) is 217 Å². The van der Waals surface area contributed by atoms with Gasteiger partial charge in [0.05, 0.1) is 31.3 Å². The van der Waals surface area contributed by atoms with Gasteiger partial charge >= 0.3 is 12.3 Å². The molecule has 12 aliphatic heterocycles. The van der Waals surface area contributed by atoms with Crippen molar-refractivity contribution in [1.82, 2.24) is 29.4 Å². The van der Waals surface area contributed by atoms with Crippen LogP contribution < -0.4 is 0 Å². The topological polar surface area (TPSA) is 170 Å². The Hall–Kier alpha value is -9.57. The highest BCUT2D eigenvalue weighted by molar-refractivity contribution is 5.88. The predicted octanol–water partition coefficient (Wildman–Crippen LogP) is 25.3. The number of nitrogens with zero attached hydrogens (tertiary/aromatic N) is 6. The summed E-state index contributed by atoms with van der Waals surface area (Å²) in [4.78, 5) is 59.4. The van der Waals surface area contributed by atoms with Gasteiger partial charge in [-0.05, 0) is 301 Å².